The van der Waals surface area contributed by atoms with E-state index in [0.29, 0.717) is 0 Å². The van der Waals surface area contributed by atoms with E-state index in [0.717, 1.165) is 18.3 Å². The van der Waals surface area contributed by atoms with Crippen LogP contribution in [0.5, 0.6) is 0 Å². The molecule has 1 unspecified atom stereocenters. The van der Waals surface area contributed by atoms with Crippen molar-refractivity contribution in [3.8, 4) is 0 Å². The fourth-order valence-corrected chi connectivity index (χ4v) is 4.43. The van der Waals surface area contributed by atoms with E-state index >= 15 is 4.39 Å². The molecule has 0 spiro atoms. The minimum absolute atomic E-state index is 0.0512. The van der Waals surface area contributed by atoms with Crippen molar-refractivity contribution in [3.63, 3.8) is 0 Å². The summed E-state index contributed by atoms with van der Waals surface area (Å²) in [6, 6.07) is 7.25. The quantitative estimate of drug-likeness (QED) is 0.310. The number of likely N-dealkylation sites (tertiary alicyclic amines) is 1. The lowest BCUT2D eigenvalue weighted by Crippen LogP contribution is -2.58. The molecule has 0 radical (unpaired) electrons. The Kier molecular flexibility index (Phi) is 6.10. The van der Waals surface area contributed by atoms with Gasteiger partial charge in [0.25, 0.3) is 5.60 Å². The zero-order valence-corrected chi connectivity index (χ0v) is 18.7. The molecule has 0 aliphatic carbocycles. The van der Waals surface area contributed by atoms with Gasteiger partial charge >= 0.3 is 6.18 Å². The lowest BCUT2D eigenvalue weighted by molar-refractivity contribution is -0.275. The van der Waals surface area contributed by atoms with Crippen LogP contribution in [0.3, 0.4) is 0 Å². The minimum atomic E-state index is -4.94. The summed E-state index contributed by atoms with van der Waals surface area (Å²) >= 11 is 11.4. The number of oxime groups is 1. The van der Waals surface area contributed by atoms with Crippen molar-refractivity contribution in [2.75, 3.05) is 13.1 Å². The van der Waals surface area contributed by atoms with Crippen molar-refractivity contribution in [2.45, 2.75) is 30.3 Å². The molecule has 1 saturated heterocycles. The van der Waals surface area contributed by atoms with Crippen LogP contribution < -0.4 is 0 Å². The molecule has 2 aromatic rings. The standard InChI is InChI=1S/C22H16Cl2F5N3O2/c23-15-7-14(8-16(24)19(15)25)21(22(27,28)29)9-17(31-34-21)12-1-3-13(4-2-12)20(26)10-32(11-20)18(33)5-6-30/h1-4,6-8,30H,5,9-11H2. The topological polar surface area (TPSA) is 65.8 Å². The molecule has 0 saturated carbocycles. The summed E-state index contributed by atoms with van der Waals surface area (Å²) in [6.45, 7) is -0.349. The van der Waals surface area contributed by atoms with Crippen molar-refractivity contribution in [1.82, 2.24) is 4.90 Å². The van der Waals surface area contributed by atoms with Gasteiger partial charge in [0, 0.05) is 18.2 Å². The Morgan fingerprint density at radius 2 is 1.74 bits per heavy atom. The number of alkyl halides is 4. The summed E-state index contributed by atoms with van der Waals surface area (Å²) in [6.07, 6.45) is -4.85. The van der Waals surface area contributed by atoms with Gasteiger partial charge in [-0.2, -0.15) is 13.2 Å². The van der Waals surface area contributed by atoms with E-state index in [1.165, 1.54) is 29.2 Å². The number of hydrogen-bond acceptors (Lipinski definition) is 4. The Morgan fingerprint density at radius 3 is 2.26 bits per heavy atom. The molecule has 34 heavy (non-hydrogen) atoms. The SMILES string of the molecule is N=CCC(=O)N1CC(F)(c2ccc(C3=NOC(c4cc(Cl)c(F)c(Cl)c4)(C(F)(F)F)C3)cc2)C1. The zero-order chi connectivity index (χ0) is 24.9. The molecule has 0 aromatic heterocycles. The Bertz CT molecular complexity index is 1160. The monoisotopic (exact) mass is 519 g/mol. The average molecular weight is 520 g/mol. The van der Waals surface area contributed by atoms with Crippen LogP contribution >= 0.6 is 23.2 Å². The fraction of sp³-hybridized carbons (Fsp3) is 0.318. The summed E-state index contributed by atoms with van der Waals surface area (Å²) in [5, 5.41) is 9.40. The molecule has 0 bridgehead atoms. The van der Waals surface area contributed by atoms with Gasteiger partial charge in [-0.3, -0.25) is 4.79 Å². The predicted molar refractivity (Wildman–Crippen MR) is 116 cm³/mol. The number of halogens is 7. The molecule has 1 N–H and O–H groups in total. The number of carbonyl (C=O) groups is 1. The number of nitrogens with zero attached hydrogens (tertiary/aromatic N) is 2. The third-order valence-electron chi connectivity index (χ3n) is 5.88. The van der Waals surface area contributed by atoms with Crippen LogP contribution in [0.25, 0.3) is 0 Å². The maximum absolute atomic E-state index is 15.1. The van der Waals surface area contributed by atoms with Gasteiger partial charge in [-0.25, -0.2) is 8.78 Å². The van der Waals surface area contributed by atoms with Gasteiger partial charge in [-0.05, 0) is 23.3 Å². The predicted octanol–water partition coefficient (Wildman–Crippen LogP) is 5.76. The first-order chi connectivity index (χ1) is 15.9. The minimum Gasteiger partial charge on any atom is -0.374 e. The van der Waals surface area contributed by atoms with Crippen molar-refractivity contribution < 1.29 is 31.6 Å². The van der Waals surface area contributed by atoms with Crippen LogP contribution in [0.4, 0.5) is 22.0 Å². The van der Waals surface area contributed by atoms with E-state index in [-0.39, 0.29) is 42.3 Å². The lowest BCUT2D eigenvalue weighted by atomic mass is 9.84. The van der Waals surface area contributed by atoms with Gasteiger partial charge in [0.2, 0.25) is 5.91 Å². The zero-order valence-electron chi connectivity index (χ0n) is 17.2. The number of rotatable bonds is 5. The van der Waals surface area contributed by atoms with E-state index in [1.807, 2.05) is 0 Å². The van der Waals surface area contributed by atoms with Crippen molar-refractivity contribution in [3.05, 3.63) is 69.0 Å². The molecule has 2 aromatic carbocycles. The van der Waals surface area contributed by atoms with Crippen molar-refractivity contribution in [1.29, 1.82) is 5.41 Å². The number of nitrogens with one attached hydrogen (secondary N) is 1. The fourth-order valence-electron chi connectivity index (χ4n) is 3.94. The van der Waals surface area contributed by atoms with Crippen LogP contribution in [0, 0.1) is 11.2 Å². The summed E-state index contributed by atoms with van der Waals surface area (Å²) < 4.78 is 71.2. The van der Waals surface area contributed by atoms with E-state index in [4.69, 9.17) is 33.4 Å². The van der Waals surface area contributed by atoms with Crippen LogP contribution in [-0.4, -0.2) is 42.0 Å². The third-order valence-corrected chi connectivity index (χ3v) is 6.43. The van der Waals surface area contributed by atoms with Gasteiger partial charge in [0.15, 0.2) is 11.5 Å². The summed E-state index contributed by atoms with van der Waals surface area (Å²) in [4.78, 5) is 17.9. The van der Waals surface area contributed by atoms with Gasteiger partial charge < -0.3 is 15.1 Å². The van der Waals surface area contributed by atoms with Crippen LogP contribution in [0.2, 0.25) is 10.0 Å². The first-order valence-electron chi connectivity index (χ1n) is 9.93. The van der Waals surface area contributed by atoms with Gasteiger partial charge in [-0.1, -0.05) is 52.6 Å². The van der Waals surface area contributed by atoms with E-state index in [9.17, 15) is 22.4 Å². The molecule has 2 heterocycles. The van der Waals surface area contributed by atoms with Crippen molar-refractivity contribution >= 4 is 41.0 Å². The van der Waals surface area contributed by atoms with Gasteiger partial charge in [0.1, 0.15) is 0 Å². The number of hydrogen-bond donors (Lipinski definition) is 1. The molecular formula is C22H16Cl2F5N3O2. The normalized spacial score (nSPS) is 21.5. The highest BCUT2D eigenvalue weighted by Gasteiger charge is 2.62. The Hall–Kier alpha value is -2.72. The lowest BCUT2D eigenvalue weighted by Gasteiger charge is -2.44. The molecule has 1 fully saturated rings. The second kappa shape index (κ2) is 8.49. The average Bonchev–Trinajstić information content (AvgIpc) is 3.22. The molecule has 2 aliphatic rings. The van der Waals surface area contributed by atoms with E-state index in [2.05, 4.69) is 5.16 Å². The second-order valence-electron chi connectivity index (χ2n) is 8.09. The largest absolute Gasteiger partial charge is 0.435 e. The van der Waals surface area contributed by atoms with Gasteiger partial charge in [0.05, 0.1) is 35.3 Å². The Labute approximate surface area is 200 Å². The molecule has 12 heteroatoms. The maximum Gasteiger partial charge on any atom is 0.435 e. The number of amides is 1. The molecule has 2 aliphatic heterocycles. The van der Waals surface area contributed by atoms with Gasteiger partial charge in [-0.15, -0.1) is 0 Å². The second-order valence-corrected chi connectivity index (χ2v) is 8.90. The highest BCUT2D eigenvalue weighted by Crippen LogP contribution is 2.50. The molecular weight excluding hydrogens is 504 g/mol. The highest BCUT2D eigenvalue weighted by atomic mass is 35.5. The summed E-state index contributed by atoms with van der Waals surface area (Å²) in [7, 11) is 0. The summed E-state index contributed by atoms with van der Waals surface area (Å²) in [5.74, 6) is -1.41. The molecule has 180 valence electrons. The first-order valence-corrected chi connectivity index (χ1v) is 10.7. The smallest absolute Gasteiger partial charge is 0.374 e. The maximum atomic E-state index is 15.1. The summed E-state index contributed by atoms with van der Waals surface area (Å²) in [5.41, 5.74) is -4.74. The van der Waals surface area contributed by atoms with Crippen LogP contribution in [-0.2, 0) is 20.9 Å². The molecule has 1 amide bonds. The Balaban J connectivity index is 1.55. The molecule has 1 atom stereocenters. The number of benzene rings is 2. The Morgan fingerprint density at radius 1 is 1.15 bits per heavy atom. The third kappa shape index (κ3) is 4.02. The van der Waals surface area contributed by atoms with Crippen LogP contribution in [0.1, 0.15) is 29.5 Å². The molecule has 4 rings (SSSR count). The first kappa shape index (κ1) is 24.4. The molecule has 5 nitrogen and oxygen atoms in total. The van der Waals surface area contributed by atoms with Crippen LogP contribution in [0.15, 0.2) is 41.6 Å². The number of carbonyl (C=O) groups excluding carboxylic acids is 1. The van der Waals surface area contributed by atoms with E-state index < -0.39 is 45.3 Å². The van der Waals surface area contributed by atoms with E-state index in [1.54, 1.807) is 0 Å². The van der Waals surface area contributed by atoms with Crippen molar-refractivity contribution in [2.24, 2.45) is 5.16 Å². The highest BCUT2D eigenvalue weighted by molar-refractivity contribution is 6.35.